The summed E-state index contributed by atoms with van der Waals surface area (Å²) in [7, 11) is 0. The molecule has 0 spiro atoms. The van der Waals surface area contributed by atoms with Crippen LogP contribution in [0, 0.1) is 17.6 Å². The zero-order valence-electron chi connectivity index (χ0n) is 8.35. The number of hydrogen-bond donors (Lipinski definition) is 0. The fourth-order valence-electron chi connectivity index (χ4n) is 2.19. The van der Waals surface area contributed by atoms with Gasteiger partial charge in [-0.05, 0) is 42.9 Å². The van der Waals surface area contributed by atoms with Crippen LogP contribution in [-0.4, -0.2) is 5.38 Å². The van der Waals surface area contributed by atoms with Crippen molar-refractivity contribution in [1.82, 2.24) is 0 Å². The molecule has 2 rings (SSSR count). The number of rotatable bonds is 2. The van der Waals surface area contributed by atoms with Gasteiger partial charge in [0.1, 0.15) is 0 Å². The van der Waals surface area contributed by atoms with Gasteiger partial charge in [-0.3, -0.25) is 0 Å². The molecule has 3 heteroatoms. The predicted molar refractivity (Wildman–Crippen MR) is 57.0 cm³/mol. The lowest BCUT2D eigenvalue weighted by Crippen LogP contribution is -2.10. The highest BCUT2D eigenvalue weighted by Gasteiger charge is 2.25. The molecule has 2 atom stereocenters. The van der Waals surface area contributed by atoms with Crippen molar-refractivity contribution in [3.8, 4) is 0 Å². The molecule has 1 saturated carbocycles. The molecule has 1 aromatic carbocycles. The number of benzene rings is 1. The van der Waals surface area contributed by atoms with E-state index in [1.165, 1.54) is 12.1 Å². The Morgan fingerprint density at radius 2 is 2.00 bits per heavy atom. The Labute approximate surface area is 93.2 Å². The van der Waals surface area contributed by atoms with Crippen molar-refractivity contribution >= 4 is 11.6 Å². The molecule has 2 unspecified atom stereocenters. The van der Waals surface area contributed by atoms with Gasteiger partial charge in [-0.2, -0.15) is 0 Å². The first-order chi connectivity index (χ1) is 7.16. The van der Waals surface area contributed by atoms with Crippen molar-refractivity contribution < 1.29 is 8.78 Å². The average Bonchev–Trinajstić information content (AvgIpc) is 2.59. The average molecular weight is 231 g/mol. The summed E-state index contributed by atoms with van der Waals surface area (Å²) < 4.78 is 25.6. The highest BCUT2D eigenvalue weighted by Crippen LogP contribution is 2.32. The van der Waals surface area contributed by atoms with Crippen molar-refractivity contribution in [1.29, 1.82) is 0 Å². The Morgan fingerprint density at radius 1 is 1.20 bits per heavy atom. The minimum absolute atomic E-state index is 0.193. The van der Waals surface area contributed by atoms with Gasteiger partial charge >= 0.3 is 0 Å². The third-order valence-corrected chi connectivity index (χ3v) is 3.62. The minimum atomic E-state index is -0.785. The van der Waals surface area contributed by atoms with Gasteiger partial charge < -0.3 is 0 Å². The molecule has 0 N–H and O–H groups in total. The summed E-state index contributed by atoms with van der Waals surface area (Å²) >= 11 is 6.13. The van der Waals surface area contributed by atoms with Gasteiger partial charge in [-0.1, -0.05) is 12.5 Å². The van der Waals surface area contributed by atoms with E-state index in [0.717, 1.165) is 31.2 Å². The molecule has 1 aromatic rings. The molecule has 15 heavy (non-hydrogen) atoms. The van der Waals surface area contributed by atoms with Crippen LogP contribution in [-0.2, 0) is 6.42 Å². The third-order valence-electron chi connectivity index (χ3n) is 3.05. The molecule has 0 heterocycles. The summed E-state index contributed by atoms with van der Waals surface area (Å²) in [5.74, 6) is -1.14. The third kappa shape index (κ3) is 2.49. The van der Waals surface area contributed by atoms with Crippen molar-refractivity contribution in [3.05, 3.63) is 35.4 Å². The van der Waals surface area contributed by atoms with Gasteiger partial charge in [0.05, 0.1) is 0 Å². The summed E-state index contributed by atoms with van der Waals surface area (Å²) in [5, 5.41) is 0.193. The molecule has 0 aromatic heterocycles. The SMILES string of the molecule is Fc1ccc(CC2CCCC2Cl)cc1F. The zero-order valence-corrected chi connectivity index (χ0v) is 9.11. The fourth-order valence-corrected chi connectivity index (χ4v) is 2.56. The number of halogens is 3. The van der Waals surface area contributed by atoms with E-state index in [4.69, 9.17) is 11.6 Å². The van der Waals surface area contributed by atoms with Crippen molar-refractivity contribution in [2.45, 2.75) is 31.1 Å². The highest BCUT2D eigenvalue weighted by atomic mass is 35.5. The molecule has 0 bridgehead atoms. The molecule has 0 saturated heterocycles. The van der Waals surface area contributed by atoms with E-state index in [1.54, 1.807) is 6.07 Å². The quantitative estimate of drug-likeness (QED) is 0.676. The first-order valence-corrected chi connectivity index (χ1v) is 5.68. The topological polar surface area (TPSA) is 0 Å². The Balaban J connectivity index is 2.07. The van der Waals surface area contributed by atoms with E-state index in [2.05, 4.69) is 0 Å². The Kier molecular flexibility index (Phi) is 3.25. The van der Waals surface area contributed by atoms with Gasteiger partial charge in [-0.25, -0.2) is 8.78 Å². The molecule has 0 aliphatic heterocycles. The van der Waals surface area contributed by atoms with Gasteiger partial charge in [-0.15, -0.1) is 11.6 Å². The predicted octanol–water partition coefficient (Wildman–Crippen LogP) is 3.91. The highest BCUT2D eigenvalue weighted by molar-refractivity contribution is 6.20. The van der Waals surface area contributed by atoms with Crippen molar-refractivity contribution in [3.63, 3.8) is 0 Å². The molecule has 1 fully saturated rings. The maximum atomic E-state index is 12.9. The first-order valence-electron chi connectivity index (χ1n) is 5.25. The lowest BCUT2D eigenvalue weighted by atomic mass is 9.98. The molecule has 1 aliphatic carbocycles. The van der Waals surface area contributed by atoms with Gasteiger partial charge in [0.15, 0.2) is 11.6 Å². The van der Waals surface area contributed by atoms with Crippen LogP contribution in [0.2, 0.25) is 0 Å². The Hall–Kier alpha value is -0.630. The summed E-state index contributed by atoms with van der Waals surface area (Å²) in [6, 6.07) is 4.10. The Morgan fingerprint density at radius 3 is 2.60 bits per heavy atom. The Bertz CT molecular complexity index is 351. The molecule has 0 radical (unpaired) electrons. The number of hydrogen-bond acceptors (Lipinski definition) is 0. The lowest BCUT2D eigenvalue weighted by molar-refractivity contribution is 0.501. The lowest BCUT2D eigenvalue weighted by Gasteiger charge is -2.13. The van der Waals surface area contributed by atoms with E-state index < -0.39 is 11.6 Å². The standard InChI is InChI=1S/C12H13ClF2/c13-10-3-1-2-9(10)6-8-4-5-11(14)12(15)7-8/h4-5,7,9-10H,1-3,6H2. The van der Waals surface area contributed by atoms with Crippen LogP contribution in [0.1, 0.15) is 24.8 Å². The second kappa shape index (κ2) is 4.48. The van der Waals surface area contributed by atoms with Crippen molar-refractivity contribution in [2.75, 3.05) is 0 Å². The zero-order chi connectivity index (χ0) is 10.8. The normalized spacial score (nSPS) is 25.8. The summed E-state index contributed by atoms with van der Waals surface area (Å²) in [6.45, 7) is 0. The monoisotopic (exact) mass is 230 g/mol. The summed E-state index contributed by atoms with van der Waals surface area (Å²) in [4.78, 5) is 0. The second-order valence-corrected chi connectivity index (χ2v) is 4.72. The molecular formula is C12H13ClF2. The van der Waals surface area contributed by atoms with E-state index >= 15 is 0 Å². The number of alkyl halides is 1. The molecule has 0 nitrogen and oxygen atoms in total. The van der Waals surface area contributed by atoms with Crippen LogP contribution in [0.25, 0.3) is 0 Å². The van der Waals surface area contributed by atoms with Crippen LogP contribution in [0.5, 0.6) is 0 Å². The molecule has 82 valence electrons. The van der Waals surface area contributed by atoms with E-state index in [0.29, 0.717) is 5.92 Å². The van der Waals surface area contributed by atoms with Crippen LogP contribution in [0.15, 0.2) is 18.2 Å². The van der Waals surface area contributed by atoms with Crippen LogP contribution < -0.4 is 0 Å². The summed E-state index contributed by atoms with van der Waals surface area (Å²) in [6.07, 6.45) is 4.02. The van der Waals surface area contributed by atoms with E-state index in [1.807, 2.05) is 0 Å². The smallest absolute Gasteiger partial charge is 0.159 e. The molecule has 1 aliphatic rings. The van der Waals surface area contributed by atoms with Crippen molar-refractivity contribution in [2.24, 2.45) is 5.92 Å². The van der Waals surface area contributed by atoms with Gasteiger partial charge in [0.25, 0.3) is 0 Å². The molecular weight excluding hydrogens is 218 g/mol. The van der Waals surface area contributed by atoms with E-state index in [-0.39, 0.29) is 5.38 Å². The van der Waals surface area contributed by atoms with Crippen LogP contribution >= 0.6 is 11.6 Å². The minimum Gasteiger partial charge on any atom is -0.204 e. The maximum absolute atomic E-state index is 12.9. The fraction of sp³-hybridized carbons (Fsp3) is 0.500. The second-order valence-electron chi connectivity index (χ2n) is 4.16. The largest absolute Gasteiger partial charge is 0.204 e. The van der Waals surface area contributed by atoms with Gasteiger partial charge in [0.2, 0.25) is 0 Å². The maximum Gasteiger partial charge on any atom is 0.159 e. The molecule has 0 amide bonds. The van der Waals surface area contributed by atoms with E-state index in [9.17, 15) is 8.78 Å². The van der Waals surface area contributed by atoms with Crippen LogP contribution in [0.4, 0.5) is 8.78 Å². The van der Waals surface area contributed by atoms with Gasteiger partial charge in [0, 0.05) is 5.38 Å². The first kappa shape index (κ1) is 10.9. The summed E-state index contributed by atoms with van der Waals surface area (Å²) in [5.41, 5.74) is 0.839. The van der Waals surface area contributed by atoms with Crippen LogP contribution in [0.3, 0.4) is 0 Å².